The predicted molar refractivity (Wildman–Crippen MR) is 309 cm³/mol. The van der Waals surface area contributed by atoms with Gasteiger partial charge in [0.25, 0.3) is 23.6 Å². The number of halogens is 1. The van der Waals surface area contributed by atoms with E-state index >= 15 is 0 Å². The first-order chi connectivity index (χ1) is 40.7. The number of benzene rings is 4. The third-order valence-corrected chi connectivity index (χ3v) is 15.8. The molecule has 2 aliphatic rings. The molecule has 2 aliphatic heterocycles. The molecule has 7 aromatic rings. The molecule has 0 aliphatic carbocycles. The Balaban J connectivity index is 0.609. The monoisotopic (exact) mass is 1190 g/mol. The molecular weight excluding hydrogens is 1120 g/mol. The zero-order valence-corrected chi connectivity index (χ0v) is 48.1. The Hall–Kier alpha value is -7.97. The second kappa shape index (κ2) is 29.0. The number of nitrogens with one attached hydrogen (secondary N) is 3. The smallest absolute Gasteiger partial charge is 0.255 e. The normalized spacial score (nSPS) is 15.5. The quantitative estimate of drug-likeness (QED) is 0.0288. The summed E-state index contributed by atoms with van der Waals surface area (Å²) in [4.78, 5) is 80.1. The molecule has 5 N–H and O–H groups in total. The number of carbonyl (C=O) groups is 5. The number of phenols is 1. The third-order valence-electron chi connectivity index (χ3n) is 14.1. The van der Waals surface area contributed by atoms with Crippen molar-refractivity contribution in [3.05, 3.63) is 153 Å². The minimum atomic E-state index is -1.35. The largest absolute Gasteiger partial charge is 0.508 e. The number of hydrogen-bond acceptors (Lipinski definition) is 18. The van der Waals surface area contributed by atoms with Gasteiger partial charge in [-0.1, -0.05) is 62.4 Å². The number of anilines is 1. The fraction of sp³-hybridized carbons (Fsp3) is 0.367. The lowest BCUT2D eigenvalue weighted by Gasteiger charge is -2.28. The van der Waals surface area contributed by atoms with E-state index in [0.29, 0.717) is 67.7 Å². The molecule has 5 amide bonds. The molecule has 9 rings (SSSR count). The molecule has 4 aromatic carbocycles. The topological polar surface area (TPSA) is 266 Å². The van der Waals surface area contributed by atoms with Crippen molar-refractivity contribution in [3.8, 4) is 33.2 Å². The van der Waals surface area contributed by atoms with Gasteiger partial charge in [-0.2, -0.15) is 0 Å². The van der Waals surface area contributed by atoms with E-state index in [1.165, 1.54) is 27.3 Å². The van der Waals surface area contributed by atoms with Gasteiger partial charge in [0, 0.05) is 66.9 Å². The van der Waals surface area contributed by atoms with Gasteiger partial charge in [0.05, 0.1) is 75.0 Å². The number of aromatic nitrogens is 3. The number of rotatable bonds is 29. The zero-order chi connectivity index (χ0) is 59.1. The molecule has 84 heavy (non-hydrogen) atoms. The third kappa shape index (κ3) is 15.4. The highest BCUT2D eigenvalue weighted by Crippen LogP contribution is 2.39. The average molecular weight is 1190 g/mol. The second-order valence-corrected chi connectivity index (χ2v) is 22.0. The highest BCUT2D eigenvalue weighted by atomic mass is 32.1. The van der Waals surface area contributed by atoms with E-state index in [-0.39, 0.29) is 98.4 Å². The predicted octanol–water partition coefficient (Wildman–Crippen LogP) is 7.30. The van der Waals surface area contributed by atoms with Crippen LogP contribution in [0.4, 0.5) is 9.52 Å². The minimum Gasteiger partial charge on any atom is -0.508 e. The van der Waals surface area contributed by atoms with Crippen molar-refractivity contribution in [3.63, 3.8) is 0 Å². The molecule has 5 heterocycles. The van der Waals surface area contributed by atoms with E-state index in [1.54, 1.807) is 59.2 Å². The number of ether oxygens (including phenoxy) is 5. The van der Waals surface area contributed by atoms with Crippen LogP contribution in [0.1, 0.15) is 81.1 Å². The van der Waals surface area contributed by atoms with Crippen LogP contribution in [-0.2, 0) is 46.4 Å². The number of aliphatic hydroxyl groups excluding tert-OH is 1. The SMILES string of the molecule is Cc1ncsc1-c1ccc(CNC(=O)[C@@H]2C[C@@H](O)CN2C(=O)C(c2cc(OCCOCCOCCOCCOCCNC(=O)c3ccc(-c4ccc5c(c4)C(=O)N(C(C(=O)Nc4nccs4)c4cc(F)ccc4O)C5)cc3)no2)C(C)C)cc1. The maximum atomic E-state index is 14.4. The summed E-state index contributed by atoms with van der Waals surface area (Å²) in [5.74, 6) is -3.62. The molecule has 2 unspecified atom stereocenters. The lowest BCUT2D eigenvalue weighted by atomic mass is 9.91. The van der Waals surface area contributed by atoms with E-state index in [2.05, 4.69) is 31.1 Å². The average Bonchev–Trinajstić information content (AvgIpc) is 3.37. The van der Waals surface area contributed by atoms with E-state index in [4.69, 9.17) is 28.2 Å². The lowest BCUT2D eigenvalue weighted by molar-refractivity contribution is -0.141. The number of β-amino-alcohol motifs (C(OH)–C–C–N with tert-alkyl or cyclic N) is 1. The van der Waals surface area contributed by atoms with Gasteiger partial charge >= 0.3 is 0 Å². The Bertz CT molecular complexity index is 3360. The Morgan fingerprint density at radius 1 is 0.810 bits per heavy atom. The van der Waals surface area contributed by atoms with Crippen molar-refractivity contribution < 1.29 is 66.8 Å². The van der Waals surface area contributed by atoms with E-state index in [9.17, 15) is 38.6 Å². The number of aliphatic hydroxyl groups is 1. The second-order valence-electron chi connectivity index (χ2n) is 20.2. The van der Waals surface area contributed by atoms with E-state index < -0.39 is 41.7 Å². The highest BCUT2D eigenvalue weighted by Gasteiger charge is 2.44. The molecule has 21 nitrogen and oxygen atoms in total. The summed E-state index contributed by atoms with van der Waals surface area (Å²) >= 11 is 2.75. The van der Waals surface area contributed by atoms with Crippen molar-refractivity contribution in [1.82, 2.24) is 35.6 Å². The molecule has 0 spiro atoms. The van der Waals surface area contributed by atoms with Gasteiger partial charge < -0.3 is 58.9 Å². The van der Waals surface area contributed by atoms with Gasteiger partial charge in [-0.15, -0.1) is 22.7 Å². The summed E-state index contributed by atoms with van der Waals surface area (Å²) in [6.07, 6.45) is 0.785. The van der Waals surface area contributed by atoms with E-state index in [1.807, 2.05) is 56.6 Å². The first kappa shape index (κ1) is 60.6. The maximum Gasteiger partial charge on any atom is 0.255 e. The Kier molecular flexibility index (Phi) is 20.9. The highest BCUT2D eigenvalue weighted by molar-refractivity contribution is 7.14. The van der Waals surface area contributed by atoms with Crippen LogP contribution in [0, 0.1) is 18.7 Å². The molecule has 0 radical (unpaired) electrons. The van der Waals surface area contributed by atoms with Crippen molar-refractivity contribution >= 4 is 57.3 Å². The standard InChI is InChI=1S/C60H65FN8O13S2/c1-36(2)52(59(76)68-34-45(70)30-48(68)56(73)64-32-38-4-6-40(7-5-38)54-37(3)65-35-84-54)50-31-51(67-82-50)81-26-25-80-24-23-79-22-21-78-20-19-77-18-16-62-55(72)41-10-8-39(9-11-41)42-12-13-43-33-69(58(75)46(43)28-42)53(47-29-44(61)14-15-49(47)71)57(74)66-60-63-17-27-83-60/h4-15,17,27-29,31,35-36,45,48,52-53,70-71H,16,18-26,30,32-34H2,1-3H3,(H,62,72)(H,64,73)(H,63,66,74)/t45-,48+,52?,53?/m1/s1. The number of fused-ring (bicyclic) bond motifs is 1. The number of thiazole rings is 2. The summed E-state index contributed by atoms with van der Waals surface area (Å²) in [7, 11) is 0. The summed E-state index contributed by atoms with van der Waals surface area (Å²) in [6.45, 7) is 9.00. The summed E-state index contributed by atoms with van der Waals surface area (Å²) < 4.78 is 48.1. The van der Waals surface area contributed by atoms with Crippen LogP contribution < -0.4 is 20.7 Å². The number of aromatic hydroxyl groups is 1. The number of aryl methyl sites for hydroxylation is 1. The Morgan fingerprint density at radius 3 is 2.18 bits per heavy atom. The fourth-order valence-electron chi connectivity index (χ4n) is 9.85. The van der Waals surface area contributed by atoms with Crippen LogP contribution in [0.3, 0.4) is 0 Å². The van der Waals surface area contributed by atoms with Gasteiger partial charge in [-0.3, -0.25) is 29.3 Å². The van der Waals surface area contributed by atoms with Crippen LogP contribution in [0.25, 0.3) is 21.6 Å². The molecule has 0 bridgehead atoms. The van der Waals surface area contributed by atoms with Crippen LogP contribution in [0.2, 0.25) is 0 Å². The number of likely N-dealkylation sites (tertiary alicyclic amines) is 1. The molecular formula is C60H65FN8O13S2. The number of nitrogens with zero attached hydrogens (tertiary/aromatic N) is 5. The number of phenolic OH excluding ortho intramolecular Hbond substituents is 1. The molecule has 1 fully saturated rings. The summed E-state index contributed by atoms with van der Waals surface area (Å²) in [6, 6.07) is 22.7. The lowest BCUT2D eigenvalue weighted by Crippen LogP contribution is -2.48. The number of hydrogen-bond donors (Lipinski definition) is 5. The summed E-state index contributed by atoms with van der Waals surface area (Å²) in [5.41, 5.74) is 7.55. The molecule has 3 aromatic heterocycles. The molecule has 24 heteroatoms. The molecule has 4 atom stereocenters. The Morgan fingerprint density at radius 2 is 1.50 bits per heavy atom. The first-order valence-corrected chi connectivity index (χ1v) is 29.2. The number of carbonyl (C=O) groups excluding carboxylic acids is 5. The van der Waals surface area contributed by atoms with Crippen LogP contribution in [-0.4, -0.2) is 149 Å². The minimum absolute atomic E-state index is 0.0206. The van der Waals surface area contributed by atoms with Gasteiger partial charge in [0.2, 0.25) is 11.8 Å². The van der Waals surface area contributed by atoms with Crippen LogP contribution in [0.5, 0.6) is 11.6 Å². The molecule has 442 valence electrons. The van der Waals surface area contributed by atoms with Crippen molar-refractivity contribution in [1.29, 1.82) is 0 Å². The molecule has 0 saturated carbocycles. The van der Waals surface area contributed by atoms with Crippen molar-refractivity contribution in [2.24, 2.45) is 5.92 Å². The van der Waals surface area contributed by atoms with E-state index in [0.717, 1.165) is 45.5 Å². The first-order valence-electron chi connectivity index (χ1n) is 27.4. The summed E-state index contributed by atoms with van der Waals surface area (Å²) in [5, 5.41) is 35.7. The van der Waals surface area contributed by atoms with Gasteiger partial charge in [-0.25, -0.2) is 14.4 Å². The van der Waals surface area contributed by atoms with Crippen LogP contribution in [0.15, 0.2) is 113 Å². The Labute approximate surface area is 492 Å². The molecule has 1 saturated heterocycles. The zero-order valence-electron chi connectivity index (χ0n) is 46.5. The van der Waals surface area contributed by atoms with Gasteiger partial charge in [-0.05, 0) is 82.2 Å². The van der Waals surface area contributed by atoms with Gasteiger partial charge in [0.1, 0.15) is 36.2 Å². The maximum absolute atomic E-state index is 14.4. The fourth-order valence-corrected chi connectivity index (χ4v) is 11.2. The van der Waals surface area contributed by atoms with Crippen molar-refractivity contribution in [2.45, 2.75) is 64.4 Å². The van der Waals surface area contributed by atoms with Gasteiger partial charge in [0.15, 0.2) is 10.9 Å². The van der Waals surface area contributed by atoms with Crippen molar-refractivity contribution in [2.75, 3.05) is 77.9 Å². The number of amides is 5. The van der Waals surface area contributed by atoms with Crippen LogP contribution >= 0.6 is 22.7 Å².